The Morgan fingerprint density at radius 3 is 2.50 bits per heavy atom. The van der Waals surface area contributed by atoms with Gasteiger partial charge in [-0.3, -0.25) is 0 Å². The fourth-order valence-electron chi connectivity index (χ4n) is 1.43. The second-order valence-corrected chi connectivity index (χ2v) is 3.68. The van der Waals surface area contributed by atoms with E-state index < -0.39 is 5.97 Å². The van der Waals surface area contributed by atoms with E-state index in [1.54, 1.807) is 13.0 Å². The largest absolute Gasteiger partial charge is 0.423 e. The monoisotopic (exact) mass is 212 g/mol. The predicted octanol–water partition coefficient (Wildman–Crippen LogP) is 3.32. The minimum Gasteiger partial charge on any atom is -0.423 e. The first-order valence-electron chi connectivity index (χ1n) is 5.03. The van der Waals surface area contributed by atoms with Gasteiger partial charge in [0.25, 0.3) is 0 Å². The molecule has 0 aliphatic carbocycles. The molecular weight excluding hydrogens is 200 g/mol. The summed E-state index contributed by atoms with van der Waals surface area (Å²) in [6.45, 7) is 5.17. The summed E-state index contributed by atoms with van der Waals surface area (Å²) in [4.78, 5) is 11.3. The molecule has 0 unspecified atom stereocenters. The van der Waals surface area contributed by atoms with Crippen molar-refractivity contribution < 1.29 is 9.53 Å². The van der Waals surface area contributed by atoms with Gasteiger partial charge in [-0.05, 0) is 29.8 Å². The zero-order chi connectivity index (χ0) is 11.5. The minimum atomic E-state index is -0.393. The van der Waals surface area contributed by atoms with Gasteiger partial charge in [-0.15, -0.1) is 0 Å². The SMILES string of the molecule is C=C(C)C(=O)Oc1ccc2ccccc2c1. The molecule has 2 aromatic carbocycles. The van der Waals surface area contributed by atoms with Crippen LogP contribution in [0.15, 0.2) is 54.6 Å². The number of hydrogen-bond acceptors (Lipinski definition) is 2. The van der Waals surface area contributed by atoms with Crippen LogP contribution in [0.3, 0.4) is 0 Å². The number of hydrogen-bond donors (Lipinski definition) is 0. The standard InChI is InChI=1S/C14H12O2/c1-10(2)14(15)16-13-8-7-11-5-3-4-6-12(11)9-13/h3-9H,1H2,2H3. The van der Waals surface area contributed by atoms with E-state index in [0.29, 0.717) is 11.3 Å². The van der Waals surface area contributed by atoms with Crippen LogP contribution in [0.25, 0.3) is 10.8 Å². The van der Waals surface area contributed by atoms with Crippen molar-refractivity contribution in [3.63, 3.8) is 0 Å². The van der Waals surface area contributed by atoms with Crippen LogP contribution in [0.1, 0.15) is 6.92 Å². The molecule has 0 atom stereocenters. The van der Waals surface area contributed by atoms with E-state index in [0.717, 1.165) is 10.8 Å². The lowest BCUT2D eigenvalue weighted by Gasteiger charge is -2.04. The fourth-order valence-corrected chi connectivity index (χ4v) is 1.43. The van der Waals surface area contributed by atoms with E-state index in [9.17, 15) is 4.79 Å². The summed E-state index contributed by atoms with van der Waals surface area (Å²) < 4.78 is 5.15. The van der Waals surface area contributed by atoms with Crippen LogP contribution >= 0.6 is 0 Å². The Morgan fingerprint density at radius 2 is 1.81 bits per heavy atom. The lowest BCUT2D eigenvalue weighted by atomic mass is 10.1. The van der Waals surface area contributed by atoms with Gasteiger partial charge in [-0.1, -0.05) is 36.9 Å². The van der Waals surface area contributed by atoms with Gasteiger partial charge in [0.2, 0.25) is 0 Å². The third kappa shape index (κ3) is 2.11. The molecule has 2 heteroatoms. The molecule has 0 heterocycles. The van der Waals surface area contributed by atoms with Gasteiger partial charge in [0.15, 0.2) is 0 Å². The normalized spacial score (nSPS) is 10.1. The van der Waals surface area contributed by atoms with Crippen LogP contribution in [0.4, 0.5) is 0 Å². The predicted molar refractivity (Wildman–Crippen MR) is 64.4 cm³/mol. The van der Waals surface area contributed by atoms with E-state index in [-0.39, 0.29) is 0 Å². The molecule has 2 nitrogen and oxygen atoms in total. The average molecular weight is 212 g/mol. The smallest absolute Gasteiger partial charge is 0.338 e. The molecule has 0 saturated carbocycles. The first-order chi connectivity index (χ1) is 7.66. The maximum Gasteiger partial charge on any atom is 0.338 e. The number of carbonyl (C=O) groups excluding carboxylic acids is 1. The van der Waals surface area contributed by atoms with Crippen LogP contribution in [-0.2, 0) is 4.79 Å². The van der Waals surface area contributed by atoms with Gasteiger partial charge in [0.05, 0.1) is 0 Å². The Balaban J connectivity index is 2.33. The Bertz CT molecular complexity index is 555. The molecule has 0 fully saturated rings. The van der Waals surface area contributed by atoms with Gasteiger partial charge in [-0.2, -0.15) is 0 Å². The Kier molecular flexibility index (Phi) is 2.73. The Morgan fingerprint density at radius 1 is 1.12 bits per heavy atom. The fraction of sp³-hybridized carbons (Fsp3) is 0.0714. The summed E-state index contributed by atoms with van der Waals surface area (Å²) in [5, 5.41) is 2.17. The molecule has 0 aromatic heterocycles. The number of ether oxygens (including phenoxy) is 1. The number of fused-ring (bicyclic) bond motifs is 1. The van der Waals surface area contributed by atoms with Crippen LogP contribution < -0.4 is 4.74 Å². The van der Waals surface area contributed by atoms with Crippen LogP contribution in [0, 0.1) is 0 Å². The number of benzene rings is 2. The van der Waals surface area contributed by atoms with Gasteiger partial charge in [0.1, 0.15) is 5.75 Å². The zero-order valence-corrected chi connectivity index (χ0v) is 9.07. The molecule has 0 radical (unpaired) electrons. The van der Waals surface area contributed by atoms with E-state index in [2.05, 4.69) is 6.58 Å². The highest BCUT2D eigenvalue weighted by Gasteiger charge is 2.05. The van der Waals surface area contributed by atoms with Crippen molar-refractivity contribution in [1.82, 2.24) is 0 Å². The molecule has 80 valence electrons. The lowest BCUT2D eigenvalue weighted by molar-refractivity contribution is -0.130. The summed E-state index contributed by atoms with van der Waals surface area (Å²) in [7, 11) is 0. The molecule has 2 aromatic rings. The van der Waals surface area contributed by atoms with E-state index in [1.165, 1.54) is 0 Å². The minimum absolute atomic E-state index is 0.393. The van der Waals surface area contributed by atoms with Gasteiger partial charge in [-0.25, -0.2) is 4.79 Å². The zero-order valence-electron chi connectivity index (χ0n) is 9.07. The molecule has 0 saturated heterocycles. The van der Waals surface area contributed by atoms with Gasteiger partial charge >= 0.3 is 5.97 Å². The van der Waals surface area contributed by atoms with Crippen molar-refractivity contribution >= 4 is 16.7 Å². The molecule has 0 spiro atoms. The van der Waals surface area contributed by atoms with Crippen molar-refractivity contribution in [2.24, 2.45) is 0 Å². The average Bonchev–Trinajstić information content (AvgIpc) is 2.28. The topological polar surface area (TPSA) is 26.3 Å². The second kappa shape index (κ2) is 4.19. The van der Waals surface area contributed by atoms with E-state index in [1.807, 2.05) is 36.4 Å². The highest BCUT2D eigenvalue weighted by Crippen LogP contribution is 2.20. The second-order valence-electron chi connectivity index (χ2n) is 3.68. The van der Waals surface area contributed by atoms with E-state index in [4.69, 9.17) is 4.74 Å². The quantitative estimate of drug-likeness (QED) is 0.433. The van der Waals surface area contributed by atoms with Crippen LogP contribution in [0.5, 0.6) is 5.75 Å². The number of rotatable bonds is 2. The Labute approximate surface area is 94.2 Å². The van der Waals surface area contributed by atoms with E-state index >= 15 is 0 Å². The maximum atomic E-state index is 11.3. The Hall–Kier alpha value is -2.09. The van der Waals surface area contributed by atoms with Gasteiger partial charge in [0, 0.05) is 5.57 Å². The van der Waals surface area contributed by atoms with Crippen molar-refractivity contribution in [3.8, 4) is 5.75 Å². The van der Waals surface area contributed by atoms with Gasteiger partial charge < -0.3 is 4.74 Å². The number of carbonyl (C=O) groups is 1. The molecular formula is C14H12O2. The maximum absolute atomic E-state index is 11.3. The summed E-state index contributed by atoms with van der Waals surface area (Å²) in [6.07, 6.45) is 0. The van der Waals surface area contributed by atoms with Crippen LogP contribution in [-0.4, -0.2) is 5.97 Å². The van der Waals surface area contributed by atoms with Crippen molar-refractivity contribution in [1.29, 1.82) is 0 Å². The highest BCUT2D eigenvalue weighted by atomic mass is 16.5. The molecule has 16 heavy (non-hydrogen) atoms. The molecule has 0 aliphatic heterocycles. The van der Waals surface area contributed by atoms with Crippen molar-refractivity contribution in [2.45, 2.75) is 6.92 Å². The summed E-state index contributed by atoms with van der Waals surface area (Å²) in [6, 6.07) is 13.5. The van der Waals surface area contributed by atoms with Crippen molar-refractivity contribution in [2.75, 3.05) is 0 Å². The first-order valence-corrected chi connectivity index (χ1v) is 5.03. The molecule has 0 aliphatic rings. The summed E-state index contributed by atoms with van der Waals surface area (Å²) in [5.74, 6) is 0.155. The number of esters is 1. The third-order valence-corrected chi connectivity index (χ3v) is 2.28. The first kappa shape index (κ1) is 10.4. The highest BCUT2D eigenvalue weighted by molar-refractivity contribution is 5.90. The molecule has 0 bridgehead atoms. The summed E-state index contributed by atoms with van der Waals surface area (Å²) >= 11 is 0. The lowest BCUT2D eigenvalue weighted by Crippen LogP contribution is -2.07. The molecule has 2 rings (SSSR count). The molecule has 0 N–H and O–H groups in total. The third-order valence-electron chi connectivity index (χ3n) is 2.28. The van der Waals surface area contributed by atoms with Crippen LogP contribution in [0.2, 0.25) is 0 Å². The summed E-state index contributed by atoms with van der Waals surface area (Å²) in [5.41, 5.74) is 0.396. The van der Waals surface area contributed by atoms with Crippen molar-refractivity contribution in [3.05, 3.63) is 54.6 Å². The molecule has 0 amide bonds.